The first kappa shape index (κ1) is 18.7. The van der Waals surface area contributed by atoms with Gasteiger partial charge in [-0.15, -0.1) is 0 Å². The maximum absolute atomic E-state index is 12.7. The fraction of sp³-hybridized carbons (Fsp3) is 0.833. The third-order valence-corrected chi connectivity index (χ3v) is 5.45. The van der Waals surface area contributed by atoms with E-state index in [4.69, 9.17) is 0 Å². The zero-order valence-corrected chi connectivity index (χ0v) is 15.3. The molecule has 136 valence electrons. The SMILES string of the molecule is CCN(CC)C(=O)C1CCN(C(=O)C2CCCN(C(C)=O)C2)CC1. The van der Waals surface area contributed by atoms with Crippen LogP contribution in [0.15, 0.2) is 0 Å². The Balaban J connectivity index is 1.86. The normalized spacial score (nSPS) is 22.4. The molecule has 24 heavy (non-hydrogen) atoms. The summed E-state index contributed by atoms with van der Waals surface area (Å²) < 4.78 is 0. The number of carbonyl (C=O) groups is 3. The van der Waals surface area contributed by atoms with Gasteiger partial charge in [0.2, 0.25) is 17.7 Å². The summed E-state index contributed by atoms with van der Waals surface area (Å²) in [6.45, 7) is 9.70. The van der Waals surface area contributed by atoms with Crippen LogP contribution in [0.3, 0.4) is 0 Å². The number of amides is 3. The van der Waals surface area contributed by atoms with Gasteiger partial charge in [-0.25, -0.2) is 0 Å². The van der Waals surface area contributed by atoms with E-state index in [9.17, 15) is 14.4 Å². The molecule has 2 aliphatic heterocycles. The smallest absolute Gasteiger partial charge is 0.227 e. The Kier molecular flexibility index (Phi) is 6.63. The topological polar surface area (TPSA) is 60.9 Å². The van der Waals surface area contributed by atoms with Crippen LogP contribution in [-0.2, 0) is 14.4 Å². The van der Waals surface area contributed by atoms with E-state index in [-0.39, 0.29) is 29.6 Å². The van der Waals surface area contributed by atoms with Gasteiger partial charge in [0, 0.05) is 52.1 Å². The van der Waals surface area contributed by atoms with Crippen molar-refractivity contribution in [1.82, 2.24) is 14.7 Å². The minimum absolute atomic E-state index is 0.0500. The molecular weight excluding hydrogens is 306 g/mol. The summed E-state index contributed by atoms with van der Waals surface area (Å²) in [6.07, 6.45) is 3.27. The molecule has 1 atom stereocenters. The first-order chi connectivity index (χ1) is 11.5. The van der Waals surface area contributed by atoms with Crippen molar-refractivity contribution in [2.75, 3.05) is 39.3 Å². The quantitative estimate of drug-likeness (QED) is 0.778. The fourth-order valence-corrected chi connectivity index (χ4v) is 3.86. The largest absolute Gasteiger partial charge is 0.343 e. The lowest BCUT2D eigenvalue weighted by Gasteiger charge is -2.38. The highest BCUT2D eigenvalue weighted by Crippen LogP contribution is 2.24. The van der Waals surface area contributed by atoms with Gasteiger partial charge in [-0.3, -0.25) is 14.4 Å². The Bertz CT molecular complexity index is 468. The van der Waals surface area contributed by atoms with E-state index in [0.29, 0.717) is 19.6 Å². The molecule has 0 saturated carbocycles. The molecule has 0 aliphatic carbocycles. The van der Waals surface area contributed by atoms with Crippen LogP contribution in [0.1, 0.15) is 46.5 Å². The highest BCUT2D eigenvalue weighted by Gasteiger charge is 2.34. The van der Waals surface area contributed by atoms with E-state index in [1.807, 2.05) is 23.6 Å². The molecule has 3 amide bonds. The van der Waals surface area contributed by atoms with Crippen LogP contribution >= 0.6 is 0 Å². The summed E-state index contributed by atoms with van der Waals surface area (Å²) in [5.74, 6) is 0.421. The number of rotatable bonds is 4. The Morgan fingerprint density at radius 2 is 1.54 bits per heavy atom. The van der Waals surface area contributed by atoms with E-state index in [1.54, 1.807) is 11.8 Å². The van der Waals surface area contributed by atoms with Crippen molar-refractivity contribution >= 4 is 17.7 Å². The van der Waals surface area contributed by atoms with Crippen LogP contribution in [0, 0.1) is 11.8 Å². The van der Waals surface area contributed by atoms with Gasteiger partial charge < -0.3 is 14.7 Å². The highest BCUT2D eigenvalue weighted by atomic mass is 16.2. The third-order valence-electron chi connectivity index (χ3n) is 5.45. The standard InChI is InChI=1S/C18H31N3O3/c1-4-19(5-2)17(23)15-8-11-20(12-9-15)18(24)16-7-6-10-21(13-16)14(3)22/h15-16H,4-13H2,1-3H3. The third kappa shape index (κ3) is 4.28. The number of hydrogen-bond donors (Lipinski definition) is 0. The van der Waals surface area contributed by atoms with Crippen molar-refractivity contribution in [2.24, 2.45) is 11.8 Å². The van der Waals surface area contributed by atoms with Crippen LogP contribution in [0.4, 0.5) is 0 Å². The second-order valence-electron chi connectivity index (χ2n) is 6.91. The number of nitrogens with zero attached hydrogens (tertiary/aromatic N) is 3. The van der Waals surface area contributed by atoms with E-state index in [0.717, 1.165) is 45.3 Å². The molecule has 2 rings (SSSR count). The summed E-state index contributed by atoms with van der Waals surface area (Å²) in [5.41, 5.74) is 0. The van der Waals surface area contributed by atoms with Gasteiger partial charge in [0.1, 0.15) is 0 Å². The molecule has 2 heterocycles. The number of carbonyl (C=O) groups excluding carboxylic acids is 3. The molecule has 0 bridgehead atoms. The van der Waals surface area contributed by atoms with Gasteiger partial charge in [0.05, 0.1) is 5.92 Å². The Hall–Kier alpha value is -1.59. The van der Waals surface area contributed by atoms with Gasteiger partial charge in [0.15, 0.2) is 0 Å². The van der Waals surface area contributed by atoms with Crippen LogP contribution in [0.2, 0.25) is 0 Å². The predicted molar refractivity (Wildman–Crippen MR) is 92.2 cm³/mol. The first-order valence-electron chi connectivity index (χ1n) is 9.31. The number of piperidine rings is 2. The van der Waals surface area contributed by atoms with Crippen LogP contribution in [-0.4, -0.2) is 71.7 Å². The van der Waals surface area contributed by atoms with Crippen molar-refractivity contribution in [3.05, 3.63) is 0 Å². The van der Waals surface area contributed by atoms with E-state index >= 15 is 0 Å². The first-order valence-corrected chi connectivity index (χ1v) is 9.31. The summed E-state index contributed by atoms with van der Waals surface area (Å²) in [4.78, 5) is 42.3. The Morgan fingerprint density at radius 3 is 2.08 bits per heavy atom. The van der Waals surface area contributed by atoms with Crippen molar-refractivity contribution in [2.45, 2.75) is 46.5 Å². The second-order valence-corrected chi connectivity index (χ2v) is 6.91. The fourth-order valence-electron chi connectivity index (χ4n) is 3.86. The summed E-state index contributed by atoms with van der Waals surface area (Å²) in [7, 11) is 0. The number of likely N-dealkylation sites (tertiary alicyclic amines) is 2. The summed E-state index contributed by atoms with van der Waals surface area (Å²) >= 11 is 0. The number of hydrogen-bond acceptors (Lipinski definition) is 3. The summed E-state index contributed by atoms with van der Waals surface area (Å²) in [6, 6.07) is 0. The molecule has 0 N–H and O–H groups in total. The lowest BCUT2D eigenvalue weighted by Crippen LogP contribution is -2.49. The molecule has 2 aliphatic rings. The van der Waals surface area contributed by atoms with Gasteiger partial charge >= 0.3 is 0 Å². The Morgan fingerprint density at radius 1 is 0.917 bits per heavy atom. The molecule has 0 radical (unpaired) electrons. The van der Waals surface area contributed by atoms with Crippen molar-refractivity contribution in [1.29, 1.82) is 0 Å². The molecule has 2 saturated heterocycles. The molecule has 6 heteroatoms. The van der Waals surface area contributed by atoms with Gasteiger partial charge in [0.25, 0.3) is 0 Å². The van der Waals surface area contributed by atoms with Crippen LogP contribution in [0.5, 0.6) is 0 Å². The maximum Gasteiger partial charge on any atom is 0.227 e. The van der Waals surface area contributed by atoms with E-state index in [1.165, 1.54) is 0 Å². The zero-order chi connectivity index (χ0) is 17.7. The van der Waals surface area contributed by atoms with E-state index < -0.39 is 0 Å². The van der Waals surface area contributed by atoms with Crippen molar-refractivity contribution < 1.29 is 14.4 Å². The molecule has 1 unspecified atom stereocenters. The van der Waals surface area contributed by atoms with Crippen molar-refractivity contribution in [3.63, 3.8) is 0 Å². The molecule has 6 nitrogen and oxygen atoms in total. The average Bonchev–Trinajstić information content (AvgIpc) is 2.62. The Labute approximate surface area is 145 Å². The van der Waals surface area contributed by atoms with E-state index in [2.05, 4.69) is 0 Å². The highest BCUT2D eigenvalue weighted by molar-refractivity contribution is 5.82. The van der Waals surface area contributed by atoms with Gasteiger partial charge in [-0.1, -0.05) is 0 Å². The molecule has 0 aromatic rings. The minimum atomic E-state index is -0.0716. The molecule has 0 spiro atoms. The second kappa shape index (κ2) is 8.49. The monoisotopic (exact) mass is 337 g/mol. The molecular formula is C18H31N3O3. The van der Waals surface area contributed by atoms with Gasteiger partial charge in [-0.05, 0) is 39.5 Å². The van der Waals surface area contributed by atoms with Crippen molar-refractivity contribution in [3.8, 4) is 0 Å². The van der Waals surface area contributed by atoms with Gasteiger partial charge in [-0.2, -0.15) is 0 Å². The molecule has 0 aromatic heterocycles. The maximum atomic E-state index is 12.7. The van der Waals surface area contributed by atoms with Crippen LogP contribution < -0.4 is 0 Å². The molecule has 0 aromatic carbocycles. The molecule has 2 fully saturated rings. The van der Waals surface area contributed by atoms with Crippen LogP contribution in [0.25, 0.3) is 0 Å². The predicted octanol–water partition coefficient (Wildman–Crippen LogP) is 1.35. The average molecular weight is 337 g/mol. The lowest BCUT2D eigenvalue weighted by atomic mass is 9.92. The zero-order valence-electron chi connectivity index (χ0n) is 15.3. The minimum Gasteiger partial charge on any atom is -0.343 e. The summed E-state index contributed by atoms with van der Waals surface area (Å²) in [5, 5.41) is 0. The lowest BCUT2D eigenvalue weighted by molar-refractivity contribution is -0.144.